The zero-order chi connectivity index (χ0) is 25.8. The van der Waals surface area contributed by atoms with Crippen LogP contribution in [0.25, 0.3) is 0 Å². The van der Waals surface area contributed by atoms with Crippen molar-refractivity contribution in [1.82, 2.24) is 10.6 Å². The van der Waals surface area contributed by atoms with E-state index >= 15 is 0 Å². The Morgan fingerprint density at radius 3 is 2.36 bits per heavy atom. The molecule has 0 unspecified atom stereocenters. The topological polar surface area (TPSA) is 126 Å². The number of aliphatic hydroxyl groups is 2. The Bertz CT molecular complexity index is 956. The van der Waals surface area contributed by atoms with Gasteiger partial charge in [0.2, 0.25) is 0 Å². The number of hydrogen-bond acceptors (Lipinski definition) is 8. The zero-order valence-corrected chi connectivity index (χ0v) is 21.2. The number of amides is 2. The van der Waals surface area contributed by atoms with E-state index in [4.69, 9.17) is 19.3 Å². The summed E-state index contributed by atoms with van der Waals surface area (Å²) >= 11 is 1.64. The van der Waals surface area contributed by atoms with Crippen LogP contribution in [0.4, 0.5) is 4.79 Å². The van der Waals surface area contributed by atoms with Gasteiger partial charge in [-0.15, -0.1) is 0 Å². The molecule has 4 N–H and O–H groups in total. The molecule has 2 aromatic rings. The Morgan fingerprint density at radius 1 is 1.00 bits per heavy atom. The number of benzene rings is 2. The number of thioether (sulfide) groups is 1. The Balaban J connectivity index is 1.60. The van der Waals surface area contributed by atoms with Crippen molar-refractivity contribution in [3.63, 3.8) is 0 Å². The Hall–Kier alpha value is -2.63. The Morgan fingerprint density at radius 2 is 1.69 bits per heavy atom. The number of nitrogens with one attached hydrogen (secondary N) is 2. The van der Waals surface area contributed by atoms with Crippen molar-refractivity contribution in [2.24, 2.45) is 0 Å². The van der Waals surface area contributed by atoms with E-state index < -0.39 is 18.3 Å². The third-order valence-electron chi connectivity index (χ3n) is 5.56. The van der Waals surface area contributed by atoms with Crippen LogP contribution in [-0.4, -0.2) is 59.6 Å². The summed E-state index contributed by atoms with van der Waals surface area (Å²) in [5.74, 6) is 0.908. The first kappa shape index (κ1) is 27.9. The highest BCUT2D eigenvalue weighted by Gasteiger charge is 2.32. The first-order valence-corrected chi connectivity index (χ1v) is 13.1. The molecule has 1 heterocycles. The molecule has 1 aliphatic rings. The van der Waals surface area contributed by atoms with Crippen molar-refractivity contribution < 1.29 is 34.0 Å². The molecule has 0 radical (unpaired) electrons. The van der Waals surface area contributed by atoms with Crippen LogP contribution in [0.2, 0.25) is 0 Å². The maximum atomic E-state index is 11.9. The van der Waals surface area contributed by atoms with E-state index in [0.717, 1.165) is 28.0 Å². The lowest BCUT2D eigenvalue weighted by molar-refractivity contribution is -0.245. The molecule has 10 heteroatoms. The number of esters is 1. The van der Waals surface area contributed by atoms with Crippen LogP contribution in [0.3, 0.4) is 0 Å². The second-order valence-electron chi connectivity index (χ2n) is 8.23. The molecule has 3 atom stereocenters. The molecule has 0 bridgehead atoms. The number of ether oxygens (including phenoxy) is 3. The van der Waals surface area contributed by atoms with E-state index in [1.54, 1.807) is 18.7 Å². The van der Waals surface area contributed by atoms with Crippen LogP contribution >= 0.6 is 11.8 Å². The molecule has 2 amide bonds. The molecule has 9 nitrogen and oxygen atoms in total. The second kappa shape index (κ2) is 14.8. The second-order valence-corrected chi connectivity index (χ2v) is 9.38. The first-order valence-electron chi connectivity index (χ1n) is 12.0. The average Bonchev–Trinajstić information content (AvgIpc) is 2.91. The summed E-state index contributed by atoms with van der Waals surface area (Å²) in [5, 5.41) is 23.6. The lowest BCUT2D eigenvalue weighted by atomic mass is 10.0. The van der Waals surface area contributed by atoms with Gasteiger partial charge >= 0.3 is 12.0 Å². The molecule has 3 rings (SSSR count). The van der Waals surface area contributed by atoms with E-state index in [1.807, 2.05) is 48.5 Å². The minimum absolute atomic E-state index is 0.00771. The van der Waals surface area contributed by atoms with Crippen LogP contribution in [0.15, 0.2) is 48.5 Å². The van der Waals surface area contributed by atoms with E-state index in [1.165, 1.54) is 0 Å². The summed E-state index contributed by atoms with van der Waals surface area (Å²) in [6, 6.07) is 14.9. The van der Waals surface area contributed by atoms with Gasteiger partial charge in [0.15, 0.2) is 6.29 Å². The smallest absolute Gasteiger partial charge is 0.325 e. The number of aliphatic hydroxyl groups excluding tert-OH is 2. The highest BCUT2D eigenvalue weighted by molar-refractivity contribution is 7.99. The number of urea groups is 1. The molecule has 2 aromatic carbocycles. The third kappa shape index (κ3) is 8.79. The van der Waals surface area contributed by atoms with Gasteiger partial charge in [0.05, 0.1) is 32.0 Å². The van der Waals surface area contributed by atoms with E-state index in [2.05, 4.69) is 10.6 Å². The van der Waals surface area contributed by atoms with Gasteiger partial charge in [-0.25, -0.2) is 4.79 Å². The fourth-order valence-electron chi connectivity index (χ4n) is 3.70. The molecule has 0 aromatic heterocycles. The minimum Gasteiger partial charge on any atom is -0.465 e. The molecule has 0 aliphatic carbocycles. The van der Waals surface area contributed by atoms with Gasteiger partial charge in [-0.1, -0.05) is 48.5 Å². The lowest BCUT2D eigenvalue weighted by Gasteiger charge is -2.36. The van der Waals surface area contributed by atoms with Crippen molar-refractivity contribution in [2.75, 3.05) is 31.3 Å². The van der Waals surface area contributed by atoms with Gasteiger partial charge in [0.25, 0.3) is 0 Å². The van der Waals surface area contributed by atoms with Gasteiger partial charge in [0.1, 0.15) is 6.54 Å². The quantitative estimate of drug-likeness (QED) is 0.250. The monoisotopic (exact) mass is 518 g/mol. The van der Waals surface area contributed by atoms with E-state index in [0.29, 0.717) is 18.7 Å². The zero-order valence-electron chi connectivity index (χ0n) is 20.4. The number of hydrogen-bond donors (Lipinski definition) is 4. The van der Waals surface area contributed by atoms with Crippen molar-refractivity contribution in [1.29, 1.82) is 0 Å². The summed E-state index contributed by atoms with van der Waals surface area (Å²) in [5.41, 5.74) is 3.61. The van der Waals surface area contributed by atoms with Gasteiger partial charge < -0.3 is 35.1 Å². The predicted octanol–water partition coefficient (Wildman–Crippen LogP) is 2.81. The first-order chi connectivity index (χ1) is 17.5. The van der Waals surface area contributed by atoms with E-state index in [-0.39, 0.29) is 38.6 Å². The fraction of sp³-hybridized carbons (Fsp3) is 0.462. The maximum absolute atomic E-state index is 11.9. The minimum atomic E-state index is -0.559. The number of carbonyl (C=O) groups is 2. The van der Waals surface area contributed by atoms with Crippen molar-refractivity contribution in [3.05, 3.63) is 70.8 Å². The highest BCUT2D eigenvalue weighted by Crippen LogP contribution is 2.38. The molecule has 0 saturated carbocycles. The van der Waals surface area contributed by atoms with Crippen LogP contribution in [0.5, 0.6) is 0 Å². The normalized spacial score (nSPS) is 19.5. The third-order valence-corrected chi connectivity index (χ3v) is 6.64. The molecule has 0 spiro atoms. The molecule has 36 heavy (non-hydrogen) atoms. The predicted molar refractivity (Wildman–Crippen MR) is 136 cm³/mol. The average molecular weight is 519 g/mol. The van der Waals surface area contributed by atoms with Crippen LogP contribution < -0.4 is 10.6 Å². The van der Waals surface area contributed by atoms with Crippen molar-refractivity contribution in [3.8, 4) is 0 Å². The van der Waals surface area contributed by atoms with Gasteiger partial charge in [-0.05, 0) is 23.6 Å². The Labute approximate surface area is 215 Å². The summed E-state index contributed by atoms with van der Waals surface area (Å²) in [6.07, 6.45) is -0.0835. The van der Waals surface area contributed by atoms with E-state index in [9.17, 15) is 14.7 Å². The van der Waals surface area contributed by atoms with Crippen molar-refractivity contribution in [2.45, 2.75) is 45.0 Å². The van der Waals surface area contributed by atoms with Crippen molar-refractivity contribution >= 4 is 23.8 Å². The molecule has 196 valence electrons. The Kier molecular flexibility index (Phi) is 11.5. The van der Waals surface area contributed by atoms with Gasteiger partial charge in [0, 0.05) is 30.0 Å². The molecular weight excluding hydrogens is 484 g/mol. The molecule has 1 aliphatic heterocycles. The van der Waals surface area contributed by atoms with Gasteiger partial charge in [-0.2, -0.15) is 11.8 Å². The molecule has 1 fully saturated rings. The number of carbonyl (C=O) groups excluding carboxylic acids is 2. The van der Waals surface area contributed by atoms with Gasteiger partial charge in [-0.3, -0.25) is 4.79 Å². The van der Waals surface area contributed by atoms with Crippen LogP contribution in [-0.2, 0) is 32.2 Å². The fourth-order valence-corrected chi connectivity index (χ4v) is 4.48. The lowest BCUT2D eigenvalue weighted by Crippen LogP contribution is -2.38. The van der Waals surface area contributed by atoms with Crippen LogP contribution in [0, 0.1) is 0 Å². The summed E-state index contributed by atoms with van der Waals surface area (Å²) in [6.45, 7) is 2.20. The summed E-state index contributed by atoms with van der Waals surface area (Å²) in [4.78, 5) is 23.2. The highest BCUT2D eigenvalue weighted by atomic mass is 32.2. The molecular formula is C26H34N2O7S. The number of rotatable bonds is 12. The SMILES string of the molecule is CCOC(=O)CNC(=O)NCc1ccc([C@H]2O[C@@H](CSCCO)C[C@@H](c3ccc(CO)cc3)O2)cc1. The standard InChI is InChI=1S/C26H34N2O7S/c1-2-33-24(31)15-28-26(32)27-14-18-3-9-21(10-4-18)25-34-22(17-36-12-11-29)13-23(35-25)20-7-5-19(16-30)6-8-20/h3-10,22-23,25,29-30H,2,11-17H2,1H3,(H2,27,28,32)/t22-,23+,25+/m1/s1. The molecule has 1 saturated heterocycles. The maximum Gasteiger partial charge on any atom is 0.325 e. The van der Waals surface area contributed by atoms with Crippen LogP contribution in [0.1, 0.15) is 48.0 Å². The largest absolute Gasteiger partial charge is 0.465 e. The summed E-state index contributed by atoms with van der Waals surface area (Å²) < 4.78 is 17.3. The summed E-state index contributed by atoms with van der Waals surface area (Å²) in [7, 11) is 0.